The Morgan fingerprint density at radius 3 is 2.28 bits per heavy atom. The maximum atomic E-state index is 10.9. The van der Waals surface area contributed by atoms with Gasteiger partial charge in [-0.15, -0.1) is 0 Å². The Kier molecular flexibility index (Phi) is 9.40. The van der Waals surface area contributed by atoms with E-state index in [1.807, 2.05) is 0 Å². The van der Waals surface area contributed by atoms with Gasteiger partial charge >= 0.3 is 0 Å². The second-order valence-corrected chi connectivity index (χ2v) is 18.4. The monoisotopic (exact) mass is 547 g/mol. The van der Waals surface area contributed by atoms with E-state index >= 15 is 0 Å². The standard InChI is InChI=1S/C34H49NO3Si/c1-33(2,3)39(6,7)38-23-29-14-10-11-15-31(29)32(27-18-19-27)37-24-30(36)22-35-34(4,5)21-25-16-17-26-12-8-9-13-28(26)20-25/h8-17,20,27,30,32,35-36H,18-19,21-24H2,1-7H3/t30-,32+/m1/s1. The van der Waals surface area contributed by atoms with Gasteiger partial charge < -0.3 is 19.6 Å². The molecule has 0 aromatic heterocycles. The number of aliphatic hydroxyl groups is 1. The van der Waals surface area contributed by atoms with E-state index in [0.29, 0.717) is 25.7 Å². The van der Waals surface area contributed by atoms with Crippen molar-refractivity contribution in [2.24, 2.45) is 5.92 Å². The van der Waals surface area contributed by atoms with E-state index in [1.54, 1.807) is 0 Å². The average molecular weight is 548 g/mol. The second kappa shape index (κ2) is 12.2. The molecule has 4 rings (SSSR count). The van der Waals surface area contributed by atoms with Crippen LogP contribution in [0, 0.1) is 5.92 Å². The molecular formula is C34H49NO3Si. The Labute approximate surface area is 237 Å². The van der Waals surface area contributed by atoms with Gasteiger partial charge in [-0.05, 0) is 84.6 Å². The van der Waals surface area contributed by atoms with Crippen molar-refractivity contribution in [2.45, 2.75) is 96.4 Å². The van der Waals surface area contributed by atoms with Crippen molar-refractivity contribution < 1.29 is 14.3 Å². The van der Waals surface area contributed by atoms with Crippen LogP contribution in [0.2, 0.25) is 18.1 Å². The fourth-order valence-electron chi connectivity index (χ4n) is 4.89. The number of hydrogen-bond donors (Lipinski definition) is 2. The molecule has 1 saturated carbocycles. The minimum Gasteiger partial charge on any atom is -0.413 e. The third-order valence-corrected chi connectivity index (χ3v) is 13.0. The summed E-state index contributed by atoms with van der Waals surface area (Å²) in [6, 6.07) is 23.7. The molecule has 0 aliphatic heterocycles. The van der Waals surface area contributed by atoms with E-state index in [9.17, 15) is 5.11 Å². The van der Waals surface area contributed by atoms with Gasteiger partial charge in [0.15, 0.2) is 8.32 Å². The van der Waals surface area contributed by atoms with Gasteiger partial charge in [0.05, 0.1) is 25.4 Å². The van der Waals surface area contributed by atoms with Crippen LogP contribution in [0.4, 0.5) is 0 Å². The molecule has 0 bridgehead atoms. The number of β-amino-alcohol motifs (C(OH)–C–C–N with tert-alkyl or cyclic N) is 1. The van der Waals surface area contributed by atoms with Gasteiger partial charge in [0.25, 0.3) is 0 Å². The molecule has 4 nitrogen and oxygen atoms in total. The highest BCUT2D eigenvalue weighted by molar-refractivity contribution is 6.74. The van der Waals surface area contributed by atoms with Gasteiger partial charge in [0.2, 0.25) is 0 Å². The van der Waals surface area contributed by atoms with Crippen LogP contribution in [0.1, 0.15) is 70.3 Å². The lowest BCUT2D eigenvalue weighted by molar-refractivity contribution is -0.0218. The summed E-state index contributed by atoms with van der Waals surface area (Å²) < 4.78 is 13.0. The molecule has 2 N–H and O–H groups in total. The normalized spacial score (nSPS) is 16.4. The molecule has 0 saturated heterocycles. The molecule has 1 fully saturated rings. The Morgan fingerprint density at radius 1 is 0.923 bits per heavy atom. The van der Waals surface area contributed by atoms with E-state index in [2.05, 4.69) is 120 Å². The molecule has 1 aliphatic carbocycles. The quantitative estimate of drug-likeness (QED) is 0.214. The topological polar surface area (TPSA) is 50.7 Å². The predicted octanol–water partition coefficient (Wildman–Crippen LogP) is 7.80. The third-order valence-electron chi connectivity index (χ3n) is 8.55. The Bertz CT molecular complexity index is 1230. The molecule has 0 heterocycles. The largest absolute Gasteiger partial charge is 0.413 e. The number of fused-ring (bicyclic) bond motifs is 1. The minimum absolute atomic E-state index is 0.00414. The van der Waals surface area contributed by atoms with Gasteiger partial charge in [-0.25, -0.2) is 0 Å². The first-order valence-corrected chi connectivity index (χ1v) is 17.5. The summed E-state index contributed by atoms with van der Waals surface area (Å²) >= 11 is 0. The van der Waals surface area contributed by atoms with E-state index in [1.165, 1.54) is 40.3 Å². The molecule has 3 aromatic carbocycles. The fraction of sp³-hybridized carbons (Fsp3) is 0.529. The lowest BCUT2D eigenvalue weighted by atomic mass is 9.93. The molecule has 5 heteroatoms. The number of benzene rings is 3. The summed E-state index contributed by atoms with van der Waals surface area (Å²) in [6.07, 6.45) is 2.67. The van der Waals surface area contributed by atoms with Crippen molar-refractivity contribution in [1.82, 2.24) is 5.32 Å². The van der Waals surface area contributed by atoms with E-state index in [0.717, 1.165) is 6.42 Å². The Hall–Kier alpha value is -2.02. The van der Waals surface area contributed by atoms with Crippen LogP contribution < -0.4 is 5.32 Å². The molecule has 0 amide bonds. The van der Waals surface area contributed by atoms with Gasteiger partial charge in [0, 0.05) is 12.1 Å². The first-order valence-electron chi connectivity index (χ1n) is 14.6. The highest BCUT2D eigenvalue weighted by Crippen LogP contribution is 2.45. The van der Waals surface area contributed by atoms with Crippen molar-refractivity contribution in [3.63, 3.8) is 0 Å². The molecular weight excluding hydrogens is 498 g/mol. The highest BCUT2D eigenvalue weighted by Gasteiger charge is 2.38. The average Bonchev–Trinajstić information content (AvgIpc) is 3.71. The number of rotatable bonds is 13. The number of ether oxygens (including phenoxy) is 1. The van der Waals surface area contributed by atoms with E-state index in [-0.39, 0.29) is 16.7 Å². The summed E-state index contributed by atoms with van der Waals surface area (Å²) in [7, 11) is -1.85. The SMILES string of the molecule is CC(C)(Cc1ccc2ccccc2c1)NC[C@@H](O)CO[C@H](c1ccccc1CO[Si](C)(C)C(C)(C)C)C1CC1. The third kappa shape index (κ3) is 8.24. The molecule has 39 heavy (non-hydrogen) atoms. The number of hydrogen-bond acceptors (Lipinski definition) is 4. The first kappa shape index (κ1) is 29.9. The molecule has 2 atom stereocenters. The van der Waals surface area contributed by atoms with Gasteiger partial charge in [-0.3, -0.25) is 0 Å². The second-order valence-electron chi connectivity index (χ2n) is 13.6. The van der Waals surface area contributed by atoms with Crippen molar-refractivity contribution >= 4 is 19.1 Å². The summed E-state index contributed by atoms with van der Waals surface area (Å²) in [5.41, 5.74) is 3.58. The van der Waals surface area contributed by atoms with E-state index < -0.39 is 14.4 Å². The van der Waals surface area contributed by atoms with Crippen LogP contribution in [0.25, 0.3) is 10.8 Å². The summed E-state index contributed by atoms with van der Waals surface area (Å²) in [5, 5.41) is 17.2. The molecule has 0 unspecified atom stereocenters. The number of aliphatic hydroxyl groups excluding tert-OH is 1. The molecule has 1 aliphatic rings. The van der Waals surface area contributed by atoms with Crippen LogP contribution >= 0.6 is 0 Å². The molecule has 0 spiro atoms. The van der Waals surface area contributed by atoms with Crippen LogP contribution in [0.15, 0.2) is 66.7 Å². The Balaban J connectivity index is 1.33. The van der Waals surface area contributed by atoms with Gasteiger partial charge in [-0.1, -0.05) is 87.5 Å². The zero-order chi connectivity index (χ0) is 28.3. The van der Waals surface area contributed by atoms with Crippen LogP contribution in [-0.2, 0) is 22.2 Å². The summed E-state index contributed by atoms with van der Waals surface area (Å²) in [4.78, 5) is 0. The van der Waals surface area contributed by atoms with Gasteiger partial charge in [-0.2, -0.15) is 0 Å². The summed E-state index contributed by atoms with van der Waals surface area (Å²) in [6.45, 7) is 17.3. The molecule has 0 radical (unpaired) electrons. The van der Waals surface area contributed by atoms with Gasteiger partial charge in [0.1, 0.15) is 0 Å². The maximum absolute atomic E-state index is 10.9. The van der Waals surface area contributed by atoms with Crippen LogP contribution in [0.5, 0.6) is 0 Å². The predicted molar refractivity (Wildman–Crippen MR) is 166 cm³/mol. The highest BCUT2D eigenvalue weighted by atomic mass is 28.4. The smallest absolute Gasteiger partial charge is 0.192 e. The molecule has 212 valence electrons. The van der Waals surface area contributed by atoms with Crippen LogP contribution in [-0.4, -0.2) is 38.2 Å². The minimum atomic E-state index is -1.85. The number of nitrogens with one attached hydrogen (secondary N) is 1. The summed E-state index contributed by atoms with van der Waals surface area (Å²) in [5.74, 6) is 0.517. The lowest BCUT2D eigenvalue weighted by Crippen LogP contribution is -2.46. The molecule has 3 aromatic rings. The van der Waals surface area contributed by atoms with Crippen molar-refractivity contribution in [2.75, 3.05) is 13.2 Å². The maximum Gasteiger partial charge on any atom is 0.192 e. The van der Waals surface area contributed by atoms with Crippen molar-refractivity contribution in [3.8, 4) is 0 Å². The van der Waals surface area contributed by atoms with Crippen molar-refractivity contribution in [3.05, 3.63) is 83.4 Å². The fourth-order valence-corrected chi connectivity index (χ4v) is 5.84. The first-order chi connectivity index (χ1) is 18.3. The van der Waals surface area contributed by atoms with Crippen LogP contribution in [0.3, 0.4) is 0 Å². The van der Waals surface area contributed by atoms with E-state index in [4.69, 9.17) is 9.16 Å². The Morgan fingerprint density at radius 2 is 1.59 bits per heavy atom. The van der Waals surface area contributed by atoms with Crippen molar-refractivity contribution in [1.29, 1.82) is 0 Å². The zero-order valence-electron chi connectivity index (χ0n) is 25.1. The zero-order valence-corrected chi connectivity index (χ0v) is 26.1. The lowest BCUT2D eigenvalue weighted by Gasteiger charge is -2.36.